The normalized spacial score (nSPS) is 18.6. The van der Waals surface area contributed by atoms with E-state index >= 15 is 0 Å². The number of anilines is 1. The van der Waals surface area contributed by atoms with Gasteiger partial charge in [0, 0.05) is 52.3 Å². The van der Waals surface area contributed by atoms with E-state index in [9.17, 15) is 13.2 Å². The van der Waals surface area contributed by atoms with Gasteiger partial charge in [0.1, 0.15) is 0 Å². The second-order valence-electron chi connectivity index (χ2n) is 7.46. The largest absolute Gasteiger partial charge is 0.424 e. The lowest BCUT2D eigenvalue weighted by Crippen LogP contribution is -2.48. The highest BCUT2D eigenvalue weighted by Crippen LogP contribution is 2.30. The average molecular weight is 420 g/mol. The van der Waals surface area contributed by atoms with Crippen molar-refractivity contribution < 1.29 is 17.6 Å². The number of nitrogens with zero attached hydrogens (tertiary/aromatic N) is 5. The van der Waals surface area contributed by atoms with Crippen molar-refractivity contribution in [3.63, 3.8) is 0 Å². The first kappa shape index (κ1) is 20.0. The minimum Gasteiger partial charge on any atom is -0.424 e. The van der Waals surface area contributed by atoms with E-state index in [-0.39, 0.29) is 5.91 Å². The van der Waals surface area contributed by atoms with E-state index < -0.39 is 10.0 Å². The number of sulfonamides is 1. The minimum absolute atomic E-state index is 0.0193. The number of aromatic nitrogens is 2. The van der Waals surface area contributed by atoms with Gasteiger partial charge in [0.05, 0.1) is 11.4 Å². The van der Waals surface area contributed by atoms with Crippen LogP contribution in [0, 0.1) is 6.92 Å². The maximum atomic E-state index is 13.1. The molecular weight excluding hydrogens is 394 g/mol. The molecule has 1 saturated heterocycles. The van der Waals surface area contributed by atoms with Crippen molar-refractivity contribution in [2.24, 2.45) is 0 Å². The van der Waals surface area contributed by atoms with Crippen molar-refractivity contribution in [1.29, 1.82) is 0 Å². The molecule has 0 radical (unpaired) electrons. The smallest absolute Gasteiger partial charge is 0.243 e. The van der Waals surface area contributed by atoms with Crippen LogP contribution in [0.5, 0.6) is 0 Å². The molecule has 1 fully saturated rings. The van der Waals surface area contributed by atoms with Gasteiger partial charge in [-0.2, -0.15) is 4.31 Å². The summed E-state index contributed by atoms with van der Waals surface area (Å²) in [5, 5.41) is 7.82. The summed E-state index contributed by atoms with van der Waals surface area (Å²) in [6.45, 7) is 6.50. The minimum atomic E-state index is -3.57. The summed E-state index contributed by atoms with van der Waals surface area (Å²) in [5.74, 6) is 1.05. The first-order valence-corrected chi connectivity index (χ1v) is 11.2. The van der Waals surface area contributed by atoms with Crippen LogP contribution in [0.1, 0.15) is 30.7 Å². The molecule has 29 heavy (non-hydrogen) atoms. The summed E-state index contributed by atoms with van der Waals surface area (Å²) < 4.78 is 33.2. The number of amides is 1. The van der Waals surface area contributed by atoms with Crippen LogP contribution in [0.25, 0.3) is 0 Å². The molecule has 10 heteroatoms. The first-order chi connectivity index (χ1) is 13.8. The first-order valence-electron chi connectivity index (χ1n) is 9.77. The Kier molecular flexibility index (Phi) is 5.41. The third kappa shape index (κ3) is 4.05. The van der Waals surface area contributed by atoms with Crippen molar-refractivity contribution in [2.75, 3.05) is 37.6 Å². The van der Waals surface area contributed by atoms with Gasteiger partial charge >= 0.3 is 0 Å². The molecule has 3 heterocycles. The van der Waals surface area contributed by atoms with Crippen LogP contribution in [0.4, 0.5) is 5.69 Å². The average Bonchev–Trinajstić information content (AvgIpc) is 3.12. The topological polar surface area (TPSA) is 99.9 Å². The summed E-state index contributed by atoms with van der Waals surface area (Å²) in [6.07, 6.45) is 1.61. The lowest BCUT2D eigenvalue weighted by molar-refractivity contribution is -0.116. The van der Waals surface area contributed by atoms with Crippen molar-refractivity contribution in [3.8, 4) is 0 Å². The van der Waals surface area contributed by atoms with Gasteiger partial charge in [-0.15, -0.1) is 10.2 Å². The highest BCUT2D eigenvalue weighted by atomic mass is 32.2. The molecule has 0 bridgehead atoms. The van der Waals surface area contributed by atoms with E-state index in [2.05, 4.69) is 15.1 Å². The van der Waals surface area contributed by atoms with Gasteiger partial charge in [-0.25, -0.2) is 8.42 Å². The van der Waals surface area contributed by atoms with E-state index in [1.54, 1.807) is 30.0 Å². The maximum absolute atomic E-state index is 13.1. The molecule has 0 atom stereocenters. The Labute approximate surface area is 170 Å². The molecule has 0 N–H and O–H groups in total. The van der Waals surface area contributed by atoms with Gasteiger partial charge in [-0.3, -0.25) is 9.69 Å². The highest BCUT2D eigenvalue weighted by molar-refractivity contribution is 7.89. The Balaban J connectivity index is 1.46. The number of carbonyl (C=O) groups is 1. The lowest BCUT2D eigenvalue weighted by Gasteiger charge is -2.33. The Bertz CT molecular complexity index is 1010. The summed E-state index contributed by atoms with van der Waals surface area (Å²) in [7, 11) is -3.57. The fourth-order valence-electron chi connectivity index (χ4n) is 3.93. The van der Waals surface area contributed by atoms with Crippen molar-refractivity contribution in [3.05, 3.63) is 35.5 Å². The molecule has 0 saturated carbocycles. The summed E-state index contributed by atoms with van der Waals surface area (Å²) in [5.41, 5.74) is 1.74. The number of aryl methyl sites for hydroxylation is 2. The number of carbonyl (C=O) groups excluding carboxylic acids is 1. The predicted molar refractivity (Wildman–Crippen MR) is 106 cm³/mol. The Hall–Kier alpha value is -2.30. The van der Waals surface area contributed by atoms with E-state index in [0.29, 0.717) is 55.9 Å². The van der Waals surface area contributed by atoms with Gasteiger partial charge in [-0.1, -0.05) is 0 Å². The summed E-state index contributed by atoms with van der Waals surface area (Å²) >= 11 is 0. The zero-order valence-corrected chi connectivity index (χ0v) is 17.5. The van der Waals surface area contributed by atoms with Gasteiger partial charge in [0.2, 0.25) is 27.7 Å². The maximum Gasteiger partial charge on any atom is 0.243 e. The fourth-order valence-corrected chi connectivity index (χ4v) is 5.40. The second-order valence-corrected chi connectivity index (χ2v) is 9.40. The number of rotatable bonds is 4. The molecule has 0 spiro atoms. The van der Waals surface area contributed by atoms with E-state index in [0.717, 1.165) is 24.1 Å². The van der Waals surface area contributed by atoms with E-state index in [1.807, 2.05) is 0 Å². The van der Waals surface area contributed by atoms with Crippen molar-refractivity contribution in [2.45, 2.75) is 38.1 Å². The molecule has 0 aliphatic carbocycles. The quantitative estimate of drug-likeness (QED) is 0.734. The van der Waals surface area contributed by atoms with Crippen LogP contribution in [0.3, 0.4) is 0 Å². The number of hydrogen-bond acceptors (Lipinski definition) is 7. The second kappa shape index (κ2) is 7.85. The van der Waals surface area contributed by atoms with Crippen molar-refractivity contribution in [1.82, 2.24) is 19.4 Å². The van der Waals surface area contributed by atoms with Gasteiger partial charge in [0.15, 0.2) is 0 Å². The standard InChI is InChI=1S/C19H25N5O4S/c1-14-20-21-19(28-14)13-22-8-10-23(11-9-22)29(26,27)17-5-6-18-16(12-17)4-3-7-24(18)15(2)25/h5-6,12H,3-4,7-11,13H2,1-2H3. The number of fused-ring (bicyclic) bond motifs is 1. The van der Waals surface area contributed by atoms with Crippen LogP contribution >= 0.6 is 0 Å². The molecule has 0 unspecified atom stereocenters. The van der Waals surface area contributed by atoms with Gasteiger partial charge in [-0.05, 0) is 36.6 Å². The van der Waals surface area contributed by atoms with Crippen LogP contribution < -0.4 is 4.90 Å². The zero-order chi connectivity index (χ0) is 20.6. The van der Waals surface area contributed by atoms with Gasteiger partial charge in [0.25, 0.3) is 0 Å². The molecule has 4 rings (SSSR count). The Morgan fingerprint density at radius 3 is 2.55 bits per heavy atom. The fraction of sp³-hybridized carbons (Fsp3) is 0.526. The lowest BCUT2D eigenvalue weighted by atomic mass is 10.0. The monoisotopic (exact) mass is 419 g/mol. The van der Waals surface area contributed by atoms with Crippen molar-refractivity contribution >= 4 is 21.6 Å². The Morgan fingerprint density at radius 2 is 1.90 bits per heavy atom. The SMILES string of the molecule is CC(=O)N1CCCc2cc(S(=O)(=O)N3CCN(Cc4nnc(C)o4)CC3)ccc21. The zero-order valence-electron chi connectivity index (χ0n) is 16.7. The predicted octanol–water partition coefficient (Wildman–Crippen LogP) is 1.18. The van der Waals surface area contributed by atoms with Crippen LogP contribution in [0.2, 0.25) is 0 Å². The van der Waals surface area contributed by atoms with E-state index in [4.69, 9.17) is 4.42 Å². The molecule has 1 amide bonds. The van der Waals surface area contributed by atoms with Crippen LogP contribution in [-0.2, 0) is 27.8 Å². The number of benzene rings is 1. The highest BCUT2D eigenvalue weighted by Gasteiger charge is 2.30. The van der Waals surface area contributed by atoms with E-state index in [1.165, 1.54) is 11.2 Å². The van der Waals surface area contributed by atoms with Gasteiger partial charge < -0.3 is 9.32 Å². The Morgan fingerprint density at radius 1 is 1.14 bits per heavy atom. The molecule has 1 aromatic heterocycles. The molecule has 9 nitrogen and oxygen atoms in total. The van der Waals surface area contributed by atoms with Crippen LogP contribution in [-0.4, -0.2) is 66.5 Å². The number of piperazine rings is 1. The summed E-state index contributed by atoms with van der Waals surface area (Å²) in [4.78, 5) is 16.0. The summed E-state index contributed by atoms with van der Waals surface area (Å²) in [6, 6.07) is 5.10. The molecule has 2 aliphatic rings. The molecule has 2 aromatic rings. The third-order valence-electron chi connectivity index (χ3n) is 5.45. The molecule has 2 aliphatic heterocycles. The molecular formula is C19H25N5O4S. The molecule has 156 valence electrons. The van der Waals surface area contributed by atoms with Crippen LogP contribution in [0.15, 0.2) is 27.5 Å². The molecule has 1 aromatic carbocycles. The number of hydrogen-bond donors (Lipinski definition) is 0. The third-order valence-corrected chi connectivity index (χ3v) is 7.34.